The van der Waals surface area contributed by atoms with Crippen LogP contribution in [0.3, 0.4) is 0 Å². The normalized spacial score (nSPS) is 17.0. The first kappa shape index (κ1) is 22.3. The van der Waals surface area contributed by atoms with E-state index in [0.717, 1.165) is 32.5 Å². The Morgan fingerprint density at radius 2 is 2.11 bits per heavy atom. The number of aromatic hydroxyl groups is 1. The maximum absolute atomic E-state index is 14.6. The maximum atomic E-state index is 14.6. The molecule has 36 heavy (non-hydrogen) atoms. The van der Waals surface area contributed by atoms with Gasteiger partial charge in [-0.2, -0.15) is 9.97 Å². The highest BCUT2D eigenvalue weighted by molar-refractivity contribution is 6.03. The maximum Gasteiger partial charge on any atom is 0.349 e. The Labute approximate surface area is 205 Å². The van der Waals surface area contributed by atoms with Crippen molar-refractivity contribution in [3.05, 3.63) is 51.6 Å². The Morgan fingerprint density at radius 3 is 2.78 bits per heavy atom. The third-order valence-electron chi connectivity index (χ3n) is 6.90. The lowest BCUT2D eigenvalue weighted by atomic mass is 9.95. The average Bonchev–Trinajstić information content (AvgIpc) is 2.79. The van der Waals surface area contributed by atoms with E-state index in [4.69, 9.17) is 15.6 Å². The van der Waals surface area contributed by atoms with Crippen LogP contribution in [0.1, 0.15) is 24.0 Å². The van der Waals surface area contributed by atoms with Gasteiger partial charge in [-0.05, 0) is 49.9 Å². The predicted molar refractivity (Wildman–Crippen MR) is 134 cm³/mol. The molecule has 2 aliphatic rings. The van der Waals surface area contributed by atoms with E-state index in [1.807, 2.05) is 4.90 Å². The number of fused-ring (bicyclic) bond motifs is 2. The van der Waals surface area contributed by atoms with E-state index >= 15 is 0 Å². The number of nitrogens with one attached hydrogen (secondary N) is 1. The molecule has 0 radical (unpaired) electrons. The van der Waals surface area contributed by atoms with Gasteiger partial charge in [0.1, 0.15) is 29.3 Å². The molecule has 0 bridgehead atoms. The lowest BCUT2D eigenvalue weighted by Crippen LogP contribution is -2.46. The molecule has 0 amide bonds. The van der Waals surface area contributed by atoms with Crippen LogP contribution in [0.15, 0.2) is 33.5 Å². The molecule has 9 heteroatoms. The van der Waals surface area contributed by atoms with Crippen LogP contribution >= 0.6 is 0 Å². The summed E-state index contributed by atoms with van der Waals surface area (Å²) in [5.41, 5.74) is 0.601. The molecule has 0 spiro atoms. The minimum Gasteiger partial charge on any atom is -0.508 e. The molecule has 4 aromatic rings. The molecular weight excluding hydrogens is 463 g/mol. The number of anilines is 1. The second kappa shape index (κ2) is 8.50. The largest absolute Gasteiger partial charge is 0.508 e. The second-order valence-corrected chi connectivity index (χ2v) is 9.15. The van der Waals surface area contributed by atoms with Gasteiger partial charge >= 0.3 is 11.6 Å². The molecule has 182 valence electrons. The number of benzene rings is 2. The molecule has 0 unspecified atom stereocenters. The Bertz CT molecular complexity index is 1630. The quantitative estimate of drug-likeness (QED) is 0.414. The molecule has 2 N–H and O–H groups in total. The van der Waals surface area contributed by atoms with Gasteiger partial charge in [-0.1, -0.05) is 12.0 Å². The number of aromatic nitrogens is 2. The van der Waals surface area contributed by atoms with Crippen LogP contribution in [-0.4, -0.2) is 47.4 Å². The number of rotatable bonds is 5. The number of halogens is 1. The number of terminal acetylenes is 1. The van der Waals surface area contributed by atoms with Crippen LogP contribution in [0, 0.1) is 25.1 Å². The second-order valence-electron chi connectivity index (χ2n) is 9.15. The standard InChI is InChI=1S/C27H23FN4O4/c1-3-18-20(28)6-5-15-11-17(33)12-19(21(15)18)24-14(2)23-22(26(34)36-24)25(32-9-4-10-32)31-27(30-23)35-13-16-7-8-29-16/h1,5-6,11-12,16,29,33H,4,7-10,13H2,2H3/t16-/m1/s1. The van der Waals surface area contributed by atoms with Crippen molar-refractivity contribution in [2.75, 3.05) is 31.1 Å². The summed E-state index contributed by atoms with van der Waals surface area (Å²) in [5, 5.41) is 14.8. The number of phenolic OH excluding ortho intramolecular Hbond substituents is 1. The van der Waals surface area contributed by atoms with Gasteiger partial charge in [0.25, 0.3) is 0 Å². The van der Waals surface area contributed by atoms with Gasteiger partial charge in [0.2, 0.25) is 0 Å². The predicted octanol–water partition coefficient (Wildman–Crippen LogP) is 3.49. The number of aryl methyl sites for hydroxylation is 1. The smallest absolute Gasteiger partial charge is 0.349 e. The summed E-state index contributed by atoms with van der Waals surface area (Å²) < 4.78 is 26.3. The minimum absolute atomic E-state index is 0.0191. The van der Waals surface area contributed by atoms with Crippen LogP contribution in [0.5, 0.6) is 11.8 Å². The summed E-state index contributed by atoms with van der Waals surface area (Å²) in [6, 6.07) is 6.08. The first-order valence-electron chi connectivity index (χ1n) is 11.8. The van der Waals surface area contributed by atoms with E-state index in [-0.39, 0.29) is 34.5 Å². The number of nitrogens with zero attached hydrogens (tertiary/aromatic N) is 3. The van der Waals surface area contributed by atoms with Gasteiger partial charge in [0.15, 0.2) is 5.82 Å². The summed E-state index contributed by atoms with van der Waals surface area (Å²) in [7, 11) is 0. The first-order chi connectivity index (χ1) is 17.4. The van der Waals surface area contributed by atoms with Crippen LogP contribution in [0.2, 0.25) is 0 Å². The number of phenols is 1. The van der Waals surface area contributed by atoms with E-state index in [0.29, 0.717) is 39.8 Å². The highest BCUT2D eigenvalue weighted by Gasteiger charge is 2.27. The van der Waals surface area contributed by atoms with Crippen molar-refractivity contribution < 1.29 is 18.7 Å². The third-order valence-corrected chi connectivity index (χ3v) is 6.90. The molecule has 8 nitrogen and oxygen atoms in total. The molecule has 2 fully saturated rings. The van der Waals surface area contributed by atoms with Crippen molar-refractivity contribution in [3.8, 4) is 35.4 Å². The lowest BCUT2D eigenvalue weighted by Gasteiger charge is -2.33. The zero-order valence-electron chi connectivity index (χ0n) is 19.6. The van der Waals surface area contributed by atoms with Crippen molar-refractivity contribution in [2.24, 2.45) is 0 Å². The Morgan fingerprint density at radius 1 is 1.31 bits per heavy atom. The van der Waals surface area contributed by atoms with Gasteiger partial charge in [-0.15, -0.1) is 6.42 Å². The fraction of sp³-hybridized carbons (Fsp3) is 0.296. The summed E-state index contributed by atoms with van der Waals surface area (Å²) >= 11 is 0. The van der Waals surface area contributed by atoms with Crippen LogP contribution in [0.4, 0.5) is 10.2 Å². The molecular formula is C27H23FN4O4. The fourth-order valence-electron chi connectivity index (χ4n) is 4.71. The van der Waals surface area contributed by atoms with Gasteiger partial charge < -0.3 is 24.5 Å². The van der Waals surface area contributed by atoms with Gasteiger partial charge in [0.05, 0.1) is 11.1 Å². The zero-order valence-corrected chi connectivity index (χ0v) is 19.6. The van der Waals surface area contributed by atoms with Crippen molar-refractivity contribution in [2.45, 2.75) is 25.8 Å². The molecule has 2 aliphatic heterocycles. The first-order valence-corrected chi connectivity index (χ1v) is 11.8. The SMILES string of the molecule is C#Cc1c(F)ccc2cc(O)cc(-c3oc(=O)c4c(N5CCC5)nc(OC[C@H]5CCN5)nc4c3C)c12. The number of hydrogen-bond acceptors (Lipinski definition) is 8. The highest BCUT2D eigenvalue weighted by Crippen LogP contribution is 2.39. The summed E-state index contributed by atoms with van der Waals surface area (Å²) in [6.07, 6.45) is 7.64. The highest BCUT2D eigenvalue weighted by atomic mass is 19.1. The monoisotopic (exact) mass is 486 g/mol. The summed E-state index contributed by atoms with van der Waals surface area (Å²) in [4.78, 5) is 24.5. The molecule has 6 rings (SSSR count). The zero-order chi connectivity index (χ0) is 25.0. The van der Waals surface area contributed by atoms with E-state index in [1.165, 1.54) is 24.3 Å². The molecule has 2 saturated heterocycles. The number of ether oxygens (including phenoxy) is 1. The Kier molecular flexibility index (Phi) is 5.27. The van der Waals surface area contributed by atoms with E-state index in [9.17, 15) is 14.3 Å². The van der Waals surface area contributed by atoms with E-state index in [2.05, 4.69) is 21.2 Å². The summed E-state index contributed by atoms with van der Waals surface area (Å²) in [5.74, 6) is 2.36. The molecule has 2 aromatic carbocycles. The van der Waals surface area contributed by atoms with Crippen molar-refractivity contribution in [1.29, 1.82) is 0 Å². The Hall–Kier alpha value is -4.16. The molecule has 0 aliphatic carbocycles. The van der Waals surface area contributed by atoms with Gasteiger partial charge in [0, 0.05) is 35.6 Å². The molecule has 0 saturated carbocycles. The van der Waals surface area contributed by atoms with Crippen LogP contribution in [-0.2, 0) is 0 Å². The van der Waals surface area contributed by atoms with E-state index < -0.39 is 11.4 Å². The molecule has 4 heterocycles. The van der Waals surface area contributed by atoms with E-state index in [1.54, 1.807) is 6.92 Å². The lowest BCUT2D eigenvalue weighted by molar-refractivity contribution is 0.205. The van der Waals surface area contributed by atoms with Gasteiger partial charge in [-0.3, -0.25) is 0 Å². The van der Waals surface area contributed by atoms with Crippen molar-refractivity contribution >= 4 is 27.5 Å². The van der Waals surface area contributed by atoms with Crippen molar-refractivity contribution in [3.63, 3.8) is 0 Å². The van der Waals surface area contributed by atoms with Crippen LogP contribution in [0.25, 0.3) is 33.0 Å². The number of hydrogen-bond donors (Lipinski definition) is 2. The summed E-state index contributed by atoms with van der Waals surface area (Å²) in [6.45, 7) is 4.65. The molecule has 2 aromatic heterocycles. The Balaban J connectivity index is 1.61. The topological polar surface area (TPSA) is 101 Å². The van der Waals surface area contributed by atoms with Gasteiger partial charge in [-0.25, -0.2) is 9.18 Å². The fourth-order valence-corrected chi connectivity index (χ4v) is 4.71. The minimum atomic E-state index is -0.630. The third kappa shape index (κ3) is 3.53. The van der Waals surface area contributed by atoms with Crippen LogP contribution < -0.4 is 20.6 Å². The van der Waals surface area contributed by atoms with Crippen molar-refractivity contribution in [1.82, 2.24) is 15.3 Å². The molecule has 1 atom stereocenters. The average molecular weight is 487 g/mol.